The second-order valence-corrected chi connectivity index (χ2v) is 2.73. The summed E-state index contributed by atoms with van der Waals surface area (Å²) >= 11 is 5.62. The van der Waals surface area contributed by atoms with Crippen molar-refractivity contribution in [1.82, 2.24) is 10.2 Å². The Morgan fingerprint density at radius 1 is 1.79 bits per heavy atom. The first kappa shape index (κ1) is 10.5. The Morgan fingerprint density at radius 2 is 2.50 bits per heavy atom. The van der Waals surface area contributed by atoms with Gasteiger partial charge in [0.05, 0.1) is 19.0 Å². The Bertz CT molecular complexity index is 390. The molecule has 7 heteroatoms. The number of H-pyrrole nitrogens is 1. The van der Waals surface area contributed by atoms with Crippen molar-refractivity contribution in [1.29, 1.82) is 0 Å². The molecule has 0 aliphatic carbocycles. The van der Waals surface area contributed by atoms with Crippen LogP contribution >= 0.6 is 11.6 Å². The third-order valence-corrected chi connectivity index (χ3v) is 1.82. The van der Waals surface area contributed by atoms with Crippen molar-refractivity contribution in [2.24, 2.45) is 0 Å². The first-order chi connectivity index (χ1) is 6.65. The Kier molecular flexibility index (Phi) is 3.47. The van der Waals surface area contributed by atoms with Gasteiger partial charge in [0.2, 0.25) is 0 Å². The molecule has 14 heavy (non-hydrogen) atoms. The molecule has 1 rings (SSSR count). The van der Waals surface area contributed by atoms with Crippen LogP contribution in [0.3, 0.4) is 0 Å². The van der Waals surface area contributed by atoms with Gasteiger partial charge in [-0.2, -0.15) is 5.10 Å². The van der Waals surface area contributed by atoms with Gasteiger partial charge in [-0.25, -0.2) is 5.10 Å². The second-order valence-electron chi connectivity index (χ2n) is 2.36. The number of rotatable bonds is 3. The molecule has 1 aromatic heterocycles. The molecule has 0 saturated heterocycles. The van der Waals surface area contributed by atoms with Crippen LogP contribution < -0.4 is 10.9 Å². The van der Waals surface area contributed by atoms with E-state index >= 15 is 0 Å². The number of hydrogen-bond acceptors (Lipinski definition) is 5. The first-order valence-electron chi connectivity index (χ1n) is 3.69. The highest BCUT2D eigenvalue weighted by molar-refractivity contribution is 6.32. The van der Waals surface area contributed by atoms with E-state index in [1.165, 1.54) is 13.3 Å². The number of esters is 1. The molecule has 0 radical (unpaired) electrons. The highest BCUT2D eigenvalue weighted by atomic mass is 35.5. The lowest BCUT2D eigenvalue weighted by atomic mass is 10.4. The summed E-state index contributed by atoms with van der Waals surface area (Å²) in [5.41, 5.74) is -0.220. The van der Waals surface area contributed by atoms with Gasteiger partial charge in [0.25, 0.3) is 5.56 Å². The van der Waals surface area contributed by atoms with E-state index in [9.17, 15) is 9.59 Å². The second kappa shape index (κ2) is 4.61. The van der Waals surface area contributed by atoms with Crippen LogP contribution in [0.1, 0.15) is 0 Å². The predicted octanol–water partition coefficient (Wildman–Crippen LogP) is 0.00820. The fourth-order valence-corrected chi connectivity index (χ4v) is 0.904. The molecule has 0 fully saturated rings. The summed E-state index contributed by atoms with van der Waals surface area (Å²) in [4.78, 5) is 21.7. The molecule has 1 aromatic rings. The highest BCUT2D eigenvalue weighted by Crippen LogP contribution is 2.13. The van der Waals surface area contributed by atoms with E-state index in [-0.39, 0.29) is 11.6 Å². The smallest absolute Gasteiger partial charge is 0.325 e. The summed E-state index contributed by atoms with van der Waals surface area (Å²) in [5, 5.41) is 8.24. The van der Waals surface area contributed by atoms with Crippen LogP contribution in [0, 0.1) is 0 Å². The normalized spacial score (nSPS) is 9.57. The minimum absolute atomic E-state index is 0.0381. The largest absolute Gasteiger partial charge is 0.468 e. The van der Waals surface area contributed by atoms with Crippen LogP contribution in [0.4, 0.5) is 5.69 Å². The van der Waals surface area contributed by atoms with Crippen molar-refractivity contribution >= 4 is 23.3 Å². The van der Waals surface area contributed by atoms with E-state index in [0.717, 1.165) is 0 Å². The molecule has 0 atom stereocenters. The highest BCUT2D eigenvalue weighted by Gasteiger charge is 2.06. The molecule has 0 amide bonds. The van der Waals surface area contributed by atoms with Crippen molar-refractivity contribution < 1.29 is 9.53 Å². The standard InChI is InChI=1S/C7H8ClN3O3/c1-14-5(12)3-9-4-2-10-11-7(13)6(4)8/h2H,3H2,1H3,(H2,9,11,13). The fraction of sp³-hybridized carbons (Fsp3) is 0.286. The van der Waals surface area contributed by atoms with E-state index in [0.29, 0.717) is 5.69 Å². The quantitative estimate of drug-likeness (QED) is 0.697. The van der Waals surface area contributed by atoms with Crippen LogP contribution in [0.25, 0.3) is 0 Å². The summed E-state index contributed by atoms with van der Waals surface area (Å²) in [5.74, 6) is -0.457. The van der Waals surface area contributed by atoms with Gasteiger partial charge in [0.1, 0.15) is 11.6 Å². The molecule has 2 N–H and O–H groups in total. The topological polar surface area (TPSA) is 84.1 Å². The Labute approximate surface area is 84.2 Å². The Morgan fingerprint density at radius 3 is 3.14 bits per heavy atom. The van der Waals surface area contributed by atoms with Crippen molar-refractivity contribution in [3.8, 4) is 0 Å². The van der Waals surface area contributed by atoms with Crippen LogP contribution in [0.15, 0.2) is 11.0 Å². The average molecular weight is 218 g/mol. The zero-order valence-electron chi connectivity index (χ0n) is 7.33. The predicted molar refractivity (Wildman–Crippen MR) is 50.4 cm³/mol. The van der Waals surface area contributed by atoms with Gasteiger partial charge in [0.15, 0.2) is 0 Å². The number of methoxy groups -OCH3 is 1. The number of nitrogens with zero attached hydrogens (tertiary/aromatic N) is 1. The number of carbonyl (C=O) groups is 1. The molecule has 76 valence electrons. The van der Waals surface area contributed by atoms with Gasteiger partial charge in [0, 0.05) is 0 Å². The summed E-state index contributed by atoms with van der Waals surface area (Å²) in [6, 6.07) is 0. The first-order valence-corrected chi connectivity index (χ1v) is 4.07. The SMILES string of the molecule is COC(=O)CNc1cn[nH]c(=O)c1Cl. The molecule has 0 spiro atoms. The molecule has 0 aliphatic rings. The van der Waals surface area contributed by atoms with Crippen LogP contribution in [0.2, 0.25) is 5.02 Å². The monoisotopic (exact) mass is 217 g/mol. The van der Waals surface area contributed by atoms with Gasteiger partial charge >= 0.3 is 5.97 Å². The van der Waals surface area contributed by atoms with E-state index in [4.69, 9.17) is 11.6 Å². The Balaban J connectivity index is 2.73. The van der Waals surface area contributed by atoms with Crippen LogP contribution in [0.5, 0.6) is 0 Å². The molecule has 0 saturated carbocycles. The van der Waals surface area contributed by atoms with Gasteiger partial charge in [-0.1, -0.05) is 11.6 Å². The summed E-state index contributed by atoms with van der Waals surface area (Å²) in [7, 11) is 1.27. The average Bonchev–Trinajstić information content (AvgIpc) is 2.20. The van der Waals surface area contributed by atoms with Crippen molar-refractivity contribution in [2.75, 3.05) is 19.0 Å². The molecule has 6 nitrogen and oxygen atoms in total. The van der Waals surface area contributed by atoms with E-state index < -0.39 is 11.5 Å². The lowest BCUT2D eigenvalue weighted by molar-refractivity contribution is -0.138. The maximum absolute atomic E-state index is 10.9. The Hall–Kier alpha value is -1.56. The number of halogens is 1. The molecule has 0 aromatic carbocycles. The summed E-state index contributed by atoms with van der Waals surface area (Å²) in [6.45, 7) is -0.0681. The molecule has 1 heterocycles. The minimum Gasteiger partial charge on any atom is -0.468 e. The zero-order chi connectivity index (χ0) is 10.6. The number of anilines is 1. The van der Waals surface area contributed by atoms with Crippen molar-refractivity contribution in [3.63, 3.8) is 0 Å². The fourth-order valence-electron chi connectivity index (χ4n) is 0.746. The third kappa shape index (κ3) is 2.46. The van der Waals surface area contributed by atoms with Gasteiger partial charge in [-0.15, -0.1) is 0 Å². The van der Waals surface area contributed by atoms with E-state index in [1.54, 1.807) is 0 Å². The zero-order valence-corrected chi connectivity index (χ0v) is 8.09. The van der Waals surface area contributed by atoms with Crippen molar-refractivity contribution in [2.45, 2.75) is 0 Å². The number of aromatic nitrogens is 2. The van der Waals surface area contributed by atoms with Crippen molar-refractivity contribution in [3.05, 3.63) is 21.6 Å². The molecule has 0 bridgehead atoms. The van der Waals surface area contributed by atoms with Gasteiger partial charge in [-0.05, 0) is 0 Å². The van der Waals surface area contributed by atoms with E-state index in [2.05, 4.69) is 20.3 Å². The molecule has 0 aliphatic heterocycles. The minimum atomic E-state index is -0.512. The number of aromatic amines is 1. The summed E-state index contributed by atoms with van der Waals surface area (Å²) in [6.07, 6.45) is 1.31. The van der Waals surface area contributed by atoms with Gasteiger partial charge in [-0.3, -0.25) is 9.59 Å². The van der Waals surface area contributed by atoms with Crippen LogP contribution in [-0.4, -0.2) is 29.8 Å². The van der Waals surface area contributed by atoms with E-state index in [1.807, 2.05) is 0 Å². The van der Waals surface area contributed by atoms with Gasteiger partial charge < -0.3 is 10.1 Å². The molecular weight excluding hydrogens is 210 g/mol. The number of ether oxygens (including phenoxy) is 1. The maximum Gasteiger partial charge on any atom is 0.325 e. The molecular formula is C7H8ClN3O3. The lowest BCUT2D eigenvalue weighted by Gasteiger charge is -2.04. The maximum atomic E-state index is 10.9. The summed E-state index contributed by atoms with van der Waals surface area (Å²) < 4.78 is 4.39. The lowest BCUT2D eigenvalue weighted by Crippen LogP contribution is -2.18. The third-order valence-electron chi connectivity index (χ3n) is 1.45. The number of nitrogens with one attached hydrogen (secondary N) is 2. The van der Waals surface area contributed by atoms with Crippen LogP contribution in [-0.2, 0) is 9.53 Å². The number of carbonyl (C=O) groups excluding carboxylic acids is 1. The number of hydrogen-bond donors (Lipinski definition) is 2. The molecule has 0 unspecified atom stereocenters.